The van der Waals surface area contributed by atoms with E-state index in [0.717, 1.165) is 22.4 Å². The molecule has 0 bridgehead atoms. The first kappa shape index (κ1) is 21.5. The van der Waals surface area contributed by atoms with Gasteiger partial charge in [-0.25, -0.2) is 0 Å². The van der Waals surface area contributed by atoms with Crippen molar-refractivity contribution in [3.63, 3.8) is 0 Å². The second-order valence-electron chi connectivity index (χ2n) is 9.18. The first-order valence-corrected chi connectivity index (χ1v) is 12.7. The van der Waals surface area contributed by atoms with E-state index in [2.05, 4.69) is 27.3 Å². The van der Waals surface area contributed by atoms with Crippen LogP contribution in [0.3, 0.4) is 0 Å². The average Bonchev–Trinajstić information content (AvgIpc) is 2.98. The van der Waals surface area contributed by atoms with Gasteiger partial charge < -0.3 is 9.64 Å². The van der Waals surface area contributed by atoms with Crippen LogP contribution in [0.2, 0.25) is 11.6 Å². The number of nitrogens with zero attached hydrogens (tertiary/aromatic N) is 2. The molecule has 4 rings (SSSR count). The number of rotatable bonds is 6. The Hall–Kier alpha value is -2.77. The summed E-state index contributed by atoms with van der Waals surface area (Å²) in [6.07, 6.45) is 0.794. The summed E-state index contributed by atoms with van der Waals surface area (Å²) < 4.78 is 5.89. The van der Waals surface area contributed by atoms with Gasteiger partial charge in [0.25, 0.3) is 17.7 Å². The molecule has 2 aromatic rings. The number of hydrogen-bond acceptors (Lipinski definition) is 4. The minimum absolute atomic E-state index is 0.234. The van der Waals surface area contributed by atoms with E-state index in [0.29, 0.717) is 29.3 Å². The highest BCUT2D eigenvalue weighted by Gasteiger charge is 2.50. The predicted octanol–water partition coefficient (Wildman–Crippen LogP) is 3.68. The number of carbonyl (C=O) groups excluding carboxylic acids is 3. The number of ether oxygens (including phenoxy) is 1. The van der Waals surface area contributed by atoms with Gasteiger partial charge in [-0.2, -0.15) is 0 Å². The van der Waals surface area contributed by atoms with Gasteiger partial charge in [-0.05, 0) is 34.9 Å². The molecule has 31 heavy (non-hydrogen) atoms. The molecule has 161 valence electrons. The Kier molecular flexibility index (Phi) is 5.57. The summed E-state index contributed by atoms with van der Waals surface area (Å²) in [5.41, 5.74) is 2.55. The van der Waals surface area contributed by atoms with E-state index in [1.807, 2.05) is 24.3 Å². The number of fused-ring (bicyclic) bond motifs is 1. The molecule has 0 unspecified atom stereocenters. The van der Waals surface area contributed by atoms with Crippen LogP contribution >= 0.6 is 0 Å². The van der Waals surface area contributed by atoms with Crippen LogP contribution in [-0.4, -0.2) is 50.2 Å². The molecule has 0 N–H and O–H groups in total. The Labute approximate surface area is 184 Å². The number of hydrogen-bond donors (Lipinski definition) is 0. The fourth-order valence-corrected chi connectivity index (χ4v) is 4.48. The van der Waals surface area contributed by atoms with Crippen LogP contribution < -0.4 is 4.90 Å². The molecule has 2 aliphatic rings. The zero-order valence-electron chi connectivity index (χ0n) is 18.3. The third kappa shape index (κ3) is 3.95. The van der Waals surface area contributed by atoms with Crippen molar-refractivity contribution in [3.05, 3.63) is 65.2 Å². The molecule has 0 aliphatic carbocycles. The zero-order chi connectivity index (χ0) is 22.3. The predicted molar refractivity (Wildman–Crippen MR) is 121 cm³/mol. The van der Waals surface area contributed by atoms with Gasteiger partial charge >= 0.3 is 0 Å². The molecule has 3 amide bonds. The van der Waals surface area contributed by atoms with Crippen molar-refractivity contribution in [1.29, 1.82) is 0 Å². The monoisotopic (exact) mass is 435 g/mol. The Morgan fingerprint density at radius 1 is 0.968 bits per heavy atom. The van der Waals surface area contributed by atoms with E-state index >= 15 is 0 Å². The maximum absolute atomic E-state index is 12.8. The normalized spacial score (nSPS) is 18.6. The maximum atomic E-state index is 12.8. The molecule has 6 nitrogen and oxygen atoms in total. The smallest absolute Gasteiger partial charge is 0.262 e. The summed E-state index contributed by atoms with van der Waals surface area (Å²) in [5.74, 6) is -1.02. The Bertz CT molecular complexity index is 994. The number of β-lactam (4-membered cyclic amide) rings is 1. The quantitative estimate of drug-likeness (QED) is 0.394. The molecule has 0 saturated carbocycles. The SMILES string of the molecule is C[Si](COCc1ccc(N2C[C@H](N3C(=O)c4ccccc4C3=O)C2=O)cc1)C(C)(C)C. The van der Waals surface area contributed by atoms with Gasteiger partial charge in [0, 0.05) is 11.9 Å². The number of benzene rings is 2. The van der Waals surface area contributed by atoms with E-state index in [-0.39, 0.29) is 5.91 Å². The highest BCUT2D eigenvalue weighted by molar-refractivity contribution is 6.60. The van der Waals surface area contributed by atoms with E-state index < -0.39 is 26.7 Å². The van der Waals surface area contributed by atoms with Gasteiger partial charge in [0.2, 0.25) is 0 Å². The van der Waals surface area contributed by atoms with Gasteiger partial charge in [0.15, 0.2) is 0 Å². The molecule has 1 fully saturated rings. The fourth-order valence-electron chi connectivity index (χ4n) is 3.63. The van der Waals surface area contributed by atoms with Gasteiger partial charge in [-0.3, -0.25) is 19.3 Å². The molecule has 0 aromatic heterocycles. The maximum Gasteiger partial charge on any atom is 0.262 e. The highest BCUT2D eigenvalue weighted by atomic mass is 28.3. The van der Waals surface area contributed by atoms with E-state index in [4.69, 9.17) is 4.74 Å². The van der Waals surface area contributed by atoms with Gasteiger partial charge in [0.05, 0.1) is 33.1 Å². The van der Waals surface area contributed by atoms with Crippen molar-refractivity contribution in [3.8, 4) is 0 Å². The van der Waals surface area contributed by atoms with Crippen LogP contribution in [0, 0.1) is 0 Å². The van der Waals surface area contributed by atoms with Crippen molar-refractivity contribution in [2.45, 2.75) is 45.0 Å². The first-order valence-electron chi connectivity index (χ1n) is 10.5. The fraction of sp³-hybridized carbons (Fsp3) is 0.375. The number of carbonyl (C=O) groups is 3. The van der Waals surface area contributed by atoms with Crippen LogP contribution in [0.1, 0.15) is 47.1 Å². The third-order valence-corrected chi connectivity index (χ3v) is 9.36. The Morgan fingerprint density at radius 2 is 1.55 bits per heavy atom. The van der Waals surface area contributed by atoms with Gasteiger partial charge in [0.1, 0.15) is 6.04 Å². The minimum atomic E-state index is -0.738. The van der Waals surface area contributed by atoms with Gasteiger partial charge in [-0.1, -0.05) is 51.6 Å². The molecular weight excluding hydrogens is 408 g/mol. The van der Waals surface area contributed by atoms with Crippen molar-refractivity contribution >= 4 is 32.2 Å². The van der Waals surface area contributed by atoms with Crippen LogP contribution in [-0.2, 0) is 16.1 Å². The Balaban J connectivity index is 1.35. The lowest BCUT2D eigenvalue weighted by Gasteiger charge is -2.41. The summed E-state index contributed by atoms with van der Waals surface area (Å²) in [6.45, 7) is 9.89. The molecule has 2 aromatic carbocycles. The minimum Gasteiger partial charge on any atom is -0.380 e. The molecule has 1 atom stereocenters. The molecular formula is C24H27N2O4Si. The lowest BCUT2D eigenvalue weighted by Crippen LogP contribution is -2.65. The van der Waals surface area contributed by atoms with Crippen LogP contribution in [0.25, 0.3) is 0 Å². The highest BCUT2D eigenvalue weighted by Crippen LogP contribution is 2.32. The number of amides is 3. The summed E-state index contributed by atoms with van der Waals surface area (Å²) in [6, 6.07) is 13.6. The van der Waals surface area contributed by atoms with E-state index in [1.54, 1.807) is 29.2 Å². The van der Waals surface area contributed by atoms with E-state index in [9.17, 15) is 14.4 Å². The summed E-state index contributed by atoms with van der Waals surface area (Å²) in [7, 11) is -0.575. The number of imide groups is 1. The second-order valence-corrected chi connectivity index (χ2v) is 12.5. The lowest BCUT2D eigenvalue weighted by molar-refractivity contribution is -0.127. The molecule has 1 radical (unpaired) electrons. The van der Waals surface area contributed by atoms with Gasteiger partial charge in [-0.15, -0.1) is 0 Å². The zero-order valence-corrected chi connectivity index (χ0v) is 19.3. The van der Waals surface area contributed by atoms with Crippen molar-refractivity contribution in [2.24, 2.45) is 0 Å². The second kappa shape index (κ2) is 8.05. The summed E-state index contributed by atoms with van der Waals surface area (Å²) in [4.78, 5) is 40.7. The van der Waals surface area contributed by atoms with Crippen molar-refractivity contribution in [1.82, 2.24) is 4.90 Å². The Morgan fingerprint density at radius 3 is 2.06 bits per heavy atom. The van der Waals surface area contributed by atoms with Crippen molar-refractivity contribution < 1.29 is 19.1 Å². The largest absolute Gasteiger partial charge is 0.380 e. The van der Waals surface area contributed by atoms with Crippen LogP contribution in [0.15, 0.2) is 48.5 Å². The third-order valence-electron chi connectivity index (χ3n) is 6.16. The summed E-state index contributed by atoms with van der Waals surface area (Å²) in [5, 5.41) is 0.308. The van der Waals surface area contributed by atoms with E-state index in [1.165, 1.54) is 0 Å². The summed E-state index contributed by atoms with van der Waals surface area (Å²) >= 11 is 0. The van der Waals surface area contributed by atoms with Crippen LogP contribution in [0.4, 0.5) is 5.69 Å². The average molecular weight is 436 g/mol. The van der Waals surface area contributed by atoms with Crippen LogP contribution in [0.5, 0.6) is 0 Å². The first-order chi connectivity index (χ1) is 14.7. The molecule has 0 spiro atoms. The van der Waals surface area contributed by atoms with Crippen molar-refractivity contribution in [2.75, 3.05) is 17.7 Å². The molecule has 2 heterocycles. The lowest BCUT2D eigenvalue weighted by atomic mass is 10.0. The molecule has 1 saturated heterocycles. The topological polar surface area (TPSA) is 66.9 Å². The standard InChI is InChI=1S/C24H27N2O4Si/c1-24(2,3)31(4)15-30-14-16-9-11-17(12-10-16)25-13-20(23(25)29)26-21(27)18-7-5-6-8-19(18)22(26)28/h5-12,20H,13-15H2,1-4H3/t20-/m0/s1. The molecule has 2 aliphatic heterocycles. The number of anilines is 1. The molecule has 7 heteroatoms.